The highest BCUT2D eigenvalue weighted by atomic mass is 79.9. The van der Waals surface area contributed by atoms with Crippen molar-refractivity contribution in [2.24, 2.45) is 0 Å². The third kappa shape index (κ3) is 12.7. The van der Waals surface area contributed by atoms with Crippen molar-refractivity contribution >= 4 is 43.6 Å². The number of methoxy groups -OCH3 is 6. The summed E-state index contributed by atoms with van der Waals surface area (Å²) >= 11 is 6.87. The number of carbonyl (C=O) groups excluding carboxylic acids is 2. The average molecular weight is 1080 g/mol. The van der Waals surface area contributed by atoms with Crippen molar-refractivity contribution in [2.45, 2.75) is 12.2 Å². The molecule has 0 radical (unpaired) electrons. The van der Waals surface area contributed by atoms with Crippen LogP contribution in [0.3, 0.4) is 0 Å². The largest absolute Gasteiger partial charge is 0.495 e. The van der Waals surface area contributed by atoms with E-state index in [2.05, 4.69) is 51.8 Å². The maximum atomic E-state index is 13.2. The molecule has 2 unspecified atom stereocenters. The zero-order valence-electron chi connectivity index (χ0n) is 39.4. The van der Waals surface area contributed by atoms with Gasteiger partial charge in [0.05, 0.1) is 65.6 Å². The van der Waals surface area contributed by atoms with Gasteiger partial charge in [0.15, 0.2) is 11.9 Å². The summed E-state index contributed by atoms with van der Waals surface area (Å²) in [5.74, 6) is 3.53. The van der Waals surface area contributed by atoms with Crippen molar-refractivity contribution in [3.63, 3.8) is 0 Å². The van der Waals surface area contributed by atoms with E-state index in [0.717, 1.165) is 48.9 Å². The topological polar surface area (TPSA) is 180 Å². The lowest BCUT2D eigenvalue weighted by Gasteiger charge is -2.21. The standard InChI is InChI=1S/C25H21BrN2O5.C15H17N3O3.C12H11BrO3/c1-30-21-12-17(13-22(31-2)23(21)26)19-8-9-20(33-19)24(29)25(32-3)16-6-4-15(5-7-16)18-14-27-10-11-28-18;1-18(21-3)15(19)14(20-2)12-6-4-11(5-7-12)13-10-16-8-9-17-13;1-14-10-6-8(9-4-3-5-16-9)7-11(15-2)12(10)13/h4-14,25H,1-3H3;4-10,14H,1-3H3;3-7H,1-2H3. The maximum Gasteiger partial charge on any atom is 0.279 e. The Morgan fingerprint density at radius 2 is 1.01 bits per heavy atom. The predicted molar refractivity (Wildman–Crippen MR) is 268 cm³/mol. The number of amides is 1. The number of nitrogens with zero attached hydrogens (tertiary/aromatic N) is 5. The van der Waals surface area contributed by atoms with Crippen LogP contribution in [0.4, 0.5) is 0 Å². The van der Waals surface area contributed by atoms with Crippen LogP contribution >= 0.6 is 31.9 Å². The number of hydroxylamine groups is 2. The molecule has 0 saturated carbocycles. The van der Waals surface area contributed by atoms with Crippen LogP contribution in [0.5, 0.6) is 23.0 Å². The first-order valence-corrected chi connectivity index (χ1v) is 22.7. The van der Waals surface area contributed by atoms with Crippen LogP contribution in [0.2, 0.25) is 0 Å². The van der Waals surface area contributed by atoms with E-state index >= 15 is 0 Å². The molecule has 8 aromatic rings. The van der Waals surface area contributed by atoms with Crippen molar-refractivity contribution in [1.29, 1.82) is 0 Å². The van der Waals surface area contributed by atoms with Crippen LogP contribution in [-0.4, -0.2) is 93.5 Å². The molecule has 362 valence electrons. The quantitative estimate of drug-likeness (QED) is 0.0658. The molecule has 0 aliphatic carbocycles. The van der Waals surface area contributed by atoms with Crippen molar-refractivity contribution in [3.8, 4) is 68.2 Å². The molecule has 18 heteroatoms. The van der Waals surface area contributed by atoms with Crippen LogP contribution in [0.25, 0.3) is 45.2 Å². The van der Waals surface area contributed by atoms with Crippen molar-refractivity contribution < 1.29 is 51.7 Å². The number of likely N-dealkylation sites (N-methyl/N-ethyl adjacent to an activating group) is 1. The van der Waals surface area contributed by atoms with Gasteiger partial charge in [0.25, 0.3) is 5.91 Å². The van der Waals surface area contributed by atoms with Gasteiger partial charge in [-0.1, -0.05) is 48.5 Å². The second-order valence-electron chi connectivity index (χ2n) is 14.6. The number of rotatable bonds is 16. The number of aromatic nitrogens is 4. The summed E-state index contributed by atoms with van der Waals surface area (Å²) in [6.07, 6.45) is 10.0. The zero-order chi connectivity index (χ0) is 50.2. The van der Waals surface area contributed by atoms with Gasteiger partial charge in [0.1, 0.15) is 49.6 Å². The summed E-state index contributed by atoms with van der Waals surface area (Å²) in [4.78, 5) is 46.8. The molecule has 0 aliphatic rings. The molecule has 0 N–H and O–H groups in total. The molecule has 1 amide bonds. The average Bonchev–Trinajstić information content (AvgIpc) is 4.15. The third-order valence-electron chi connectivity index (χ3n) is 10.5. The van der Waals surface area contributed by atoms with E-state index < -0.39 is 12.2 Å². The Kier molecular flexibility index (Phi) is 18.9. The molecule has 0 spiro atoms. The number of Topliss-reactive ketones (excluding diaryl/α,β-unsaturated/α-hetero) is 1. The highest BCUT2D eigenvalue weighted by Gasteiger charge is 2.26. The van der Waals surface area contributed by atoms with E-state index in [9.17, 15) is 9.59 Å². The van der Waals surface area contributed by atoms with Crippen LogP contribution in [0, 0.1) is 0 Å². The number of hydrogen-bond donors (Lipinski definition) is 0. The fourth-order valence-electron chi connectivity index (χ4n) is 6.80. The lowest BCUT2D eigenvalue weighted by Crippen LogP contribution is -2.31. The minimum atomic E-state index is -0.811. The number of hydrogen-bond acceptors (Lipinski definition) is 15. The monoisotopic (exact) mass is 1080 g/mol. The molecule has 2 atom stereocenters. The first-order chi connectivity index (χ1) is 34.0. The lowest BCUT2D eigenvalue weighted by molar-refractivity contribution is -0.179. The van der Waals surface area contributed by atoms with Crippen molar-refractivity contribution in [1.82, 2.24) is 25.0 Å². The fraction of sp³-hybridized carbons (Fsp3) is 0.192. The number of furan rings is 2. The Balaban J connectivity index is 0.000000186. The van der Waals surface area contributed by atoms with Gasteiger partial charge in [-0.15, -0.1) is 0 Å². The summed E-state index contributed by atoms with van der Waals surface area (Å²) in [7, 11) is 12.3. The predicted octanol–water partition coefficient (Wildman–Crippen LogP) is 11.3. The molecule has 0 aliphatic heterocycles. The summed E-state index contributed by atoms with van der Waals surface area (Å²) in [5, 5.41) is 1.14. The molecule has 8 rings (SSSR count). The molecule has 4 heterocycles. The minimum Gasteiger partial charge on any atom is -0.495 e. The van der Waals surface area contributed by atoms with E-state index in [4.69, 9.17) is 42.1 Å². The Morgan fingerprint density at radius 1 is 0.557 bits per heavy atom. The first kappa shape index (κ1) is 52.2. The van der Waals surface area contributed by atoms with Gasteiger partial charge in [-0.3, -0.25) is 34.4 Å². The summed E-state index contributed by atoms with van der Waals surface area (Å²) < 4.78 is 44.8. The maximum absolute atomic E-state index is 13.2. The van der Waals surface area contributed by atoms with Gasteiger partial charge in [0, 0.05) is 68.3 Å². The van der Waals surface area contributed by atoms with Gasteiger partial charge in [-0.05, 0) is 91.5 Å². The molecule has 0 fully saturated rings. The first-order valence-electron chi connectivity index (χ1n) is 21.1. The molecule has 4 aromatic heterocycles. The molecular weight excluding hydrogens is 1030 g/mol. The Labute approximate surface area is 421 Å². The Bertz CT molecular complexity index is 2870. The fourth-order valence-corrected chi connectivity index (χ4v) is 7.91. The van der Waals surface area contributed by atoms with Crippen LogP contribution in [-0.2, 0) is 19.1 Å². The van der Waals surface area contributed by atoms with Gasteiger partial charge < -0.3 is 37.3 Å². The summed E-state index contributed by atoms with van der Waals surface area (Å²) in [5.41, 5.74) is 6.44. The molecule has 0 bridgehead atoms. The molecular formula is C52H49Br2N5O11. The van der Waals surface area contributed by atoms with Crippen LogP contribution in [0.15, 0.2) is 158 Å². The zero-order valence-corrected chi connectivity index (χ0v) is 42.6. The number of ketones is 1. The minimum absolute atomic E-state index is 0.190. The number of benzene rings is 4. The van der Waals surface area contributed by atoms with E-state index in [1.54, 1.807) is 103 Å². The van der Waals surface area contributed by atoms with E-state index in [-0.39, 0.29) is 17.5 Å². The van der Waals surface area contributed by atoms with E-state index in [1.807, 2.05) is 72.8 Å². The van der Waals surface area contributed by atoms with Gasteiger partial charge >= 0.3 is 0 Å². The van der Waals surface area contributed by atoms with Gasteiger partial charge in [0.2, 0.25) is 5.78 Å². The second kappa shape index (κ2) is 25.4. The molecule has 16 nitrogen and oxygen atoms in total. The number of carbonyl (C=O) groups is 2. The van der Waals surface area contributed by atoms with Gasteiger partial charge in [-0.25, -0.2) is 5.06 Å². The van der Waals surface area contributed by atoms with Crippen LogP contribution in [0.1, 0.15) is 33.9 Å². The Hall–Kier alpha value is -7.22. The molecule has 4 aromatic carbocycles. The SMILES string of the molecule is COC(C(=O)N(C)OC)c1ccc(-c2cnccn2)cc1.COc1cc(-c2ccc(C(=O)C(OC)c3ccc(-c4cnccn4)cc3)o2)cc(OC)c1Br.COc1cc(-c2ccco2)cc(OC)c1Br. The van der Waals surface area contributed by atoms with Gasteiger partial charge in [-0.2, -0.15) is 0 Å². The van der Waals surface area contributed by atoms with Crippen molar-refractivity contribution in [3.05, 3.63) is 166 Å². The third-order valence-corrected chi connectivity index (χ3v) is 12.1. The summed E-state index contributed by atoms with van der Waals surface area (Å²) in [6.45, 7) is 0. The highest BCUT2D eigenvalue weighted by Crippen LogP contribution is 2.41. The van der Waals surface area contributed by atoms with E-state index in [1.165, 1.54) is 21.3 Å². The lowest BCUT2D eigenvalue weighted by atomic mass is 10.0. The van der Waals surface area contributed by atoms with Crippen LogP contribution < -0.4 is 18.9 Å². The number of ether oxygens (including phenoxy) is 6. The Morgan fingerprint density at radius 3 is 1.40 bits per heavy atom. The van der Waals surface area contributed by atoms with Crippen molar-refractivity contribution in [2.75, 3.05) is 56.8 Å². The molecule has 0 saturated heterocycles. The summed E-state index contributed by atoms with van der Waals surface area (Å²) in [6, 6.07) is 29.4. The molecule has 70 heavy (non-hydrogen) atoms. The highest BCUT2D eigenvalue weighted by molar-refractivity contribution is 9.11. The smallest absolute Gasteiger partial charge is 0.279 e. The van der Waals surface area contributed by atoms with E-state index in [0.29, 0.717) is 44.4 Å². The number of halogens is 2. The normalized spacial score (nSPS) is 11.5. The second-order valence-corrected chi connectivity index (χ2v) is 16.2.